The summed E-state index contributed by atoms with van der Waals surface area (Å²) in [7, 11) is 0. The fourth-order valence-electron chi connectivity index (χ4n) is 4.56. The number of aromatic nitrogens is 1. The summed E-state index contributed by atoms with van der Waals surface area (Å²) in [5, 5.41) is 10.1. The van der Waals surface area contributed by atoms with Gasteiger partial charge in [0, 0.05) is 17.9 Å². The molecule has 1 amide bonds. The van der Waals surface area contributed by atoms with E-state index in [1.54, 1.807) is 0 Å². The van der Waals surface area contributed by atoms with E-state index in [1.165, 1.54) is 22.9 Å². The predicted molar refractivity (Wildman–Crippen MR) is 122 cm³/mol. The first-order valence-electron chi connectivity index (χ1n) is 10.8. The van der Waals surface area contributed by atoms with Crippen molar-refractivity contribution >= 4 is 23.4 Å². The molecule has 1 aliphatic carbocycles. The minimum absolute atomic E-state index is 0.0844. The average Bonchev–Trinajstić information content (AvgIpc) is 3.15. The van der Waals surface area contributed by atoms with Gasteiger partial charge in [-0.1, -0.05) is 50.7 Å². The molecule has 0 spiro atoms. The van der Waals surface area contributed by atoms with Crippen molar-refractivity contribution in [1.29, 1.82) is 5.26 Å². The Morgan fingerprint density at radius 2 is 2.03 bits per heavy atom. The van der Waals surface area contributed by atoms with E-state index < -0.39 is 0 Å². The molecule has 156 valence electrons. The lowest BCUT2D eigenvalue weighted by Crippen LogP contribution is -2.35. The predicted octanol–water partition coefficient (Wildman–Crippen LogP) is 5.17. The van der Waals surface area contributed by atoms with Crippen LogP contribution in [-0.2, 0) is 24.1 Å². The van der Waals surface area contributed by atoms with Crippen LogP contribution in [0.25, 0.3) is 0 Å². The first kappa shape index (κ1) is 20.9. The summed E-state index contributed by atoms with van der Waals surface area (Å²) < 4.78 is 0. The minimum Gasteiger partial charge on any atom is -0.311 e. The van der Waals surface area contributed by atoms with E-state index in [0.29, 0.717) is 16.5 Å². The topological polar surface area (TPSA) is 57.0 Å². The molecular formula is C25H29N3OS. The standard InChI is InChI=1S/C25H29N3OS/c1-16(24(29)28-12-11-17-7-5-6-8-22(17)28)30-23-19(15-26)13-18-14-20(25(2,3)4)9-10-21(18)27-23/h5-8,13,16,20H,9-12,14H2,1-4H3. The summed E-state index contributed by atoms with van der Waals surface area (Å²) in [4.78, 5) is 19.9. The van der Waals surface area contributed by atoms with Gasteiger partial charge in [-0.2, -0.15) is 5.26 Å². The number of pyridine rings is 1. The first-order chi connectivity index (χ1) is 14.3. The number of anilines is 1. The zero-order valence-corrected chi connectivity index (χ0v) is 19.1. The van der Waals surface area contributed by atoms with Gasteiger partial charge >= 0.3 is 0 Å². The summed E-state index contributed by atoms with van der Waals surface area (Å²) in [5.74, 6) is 0.689. The van der Waals surface area contributed by atoms with Gasteiger partial charge < -0.3 is 4.90 Å². The Labute approximate surface area is 183 Å². The monoisotopic (exact) mass is 419 g/mol. The van der Waals surface area contributed by atoms with Crippen LogP contribution in [0.1, 0.15) is 56.5 Å². The third kappa shape index (κ3) is 3.98. The summed E-state index contributed by atoms with van der Waals surface area (Å²) in [5.41, 5.74) is 5.39. The Kier molecular flexibility index (Phi) is 5.63. The average molecular weight is 420 g/mol. The van der Waals surface area contributed by atoms with Crippen LogP contribution in [0.2, 0.25) is 0 Å². The van der Waals surface area contributed by atoms with Gasteiger partial charge in [-0.15, -0.1) is 0 Å². The lowest BCUT2D eigenvalue weighted by Gasteiger charge is -2.34. The van der Waals surface area contributed by atoms with E-state index in [9.17, 15) is 10.1 Å². The molecule has 2 aliphatic rings. The highest BCUT2D eigenvalue weighted by Gasteiger charge is 2.32. The van der Waals surface area contributed by atoms with Gasteiger partial charge in [0.05, 0.1) is 10.8 Å². The SMILES string of the molecule is CC(Sc1nc2c(cc1C#N)CC(C(C)(C)C)CC2)C(=O)N1CCc2ccccc21. The molecule has 4 nitrogen and oxygen atoms in total. The highest BCUT2D eigenvalue weighted by Crippen LogP contribution is 2.39. The van der Waals surface area contributed by atoms with E-state index in [2.05, 4.69) is 32.9 Å². The number of amides is 1. The molecule has 5 heteroatoms. The number of hydrogen-bond acceptors (Lipinski definition) is 4. The molecule has 1 aliphatic heterocycles. The molecule has 30 heavy (non-hydrogen) atoms. The van der Waals surface area contributed by atoms with Crippen LogP contribution in [0.3, 0.4) is 0 Å². The number of para-hydroxylation sites is 1. The van der Waals surface area contributed by atoms with Crippen molar-refractivity contribution in [3.8, 4) is 6.07 Å². The summed E-state index contributed by atoms with van der Waals surface area (Å²) >= 11 is 1.42. The van der Waals surface area contributed by atoms with E-state index in [-0.39, 0.29) is 16.6 Å². The maximum absolute atomic E-state index is 13.1. The fraction of sp³-hybridized carbons (Fsp3) is 0.480. The van der Waals surface area contributed by atoms with Crippen LogP contribution >= 0.6 is 11.8 Å². The maximum Gasteiger partial charge on any atom is 0.240 e. The summed E-state index contributed by atoms with van der Waals surface area (Å²) in [6.07, 6.45) is 3.94. The molecule has 2 aromatic rings. The molecule has 2 unspecified atom stereocenters. The van der Waals surface area contributed by atoms with E-state index in [1.807, 2.05) is 36.1 Å². The molecule has 2 atom stereocenters. The van der Waals surface area contributed by atoms with Gasteiger partial charge in [-0.25, -0.2) is 4.98 Å². The number of rotatable bonds is 3. The fourth-order valence-corrected chi connectivity index (χ4v) is 5.52. The van der Waals surface area contributed by atoms with Crippen LogP contribution in [-0.4, -0.2) is 22.7 Å². The van der Waals surface area contributed by atoms with Crippen molar-refractivity contribution < 1.29 is 4.79 Å². The van der Waals surface area contributed by atoms with Crippen LogP contribution in [0.5, 0.6) is 0 Å². The van der Waals surface area contributed by atoms with Gasteiger partial charge in [-0.05, 0) is 67.2 Å². The number of nitrogens with zero attached hydrogens (tertiary/aromatic N) is 3. The largest absolute Gasteiger partial charge is 0.311 e. The Bertz CT molecular complexity index is 1020. The Balaban J connectivity index is 1.54. The third-order valence-corrected chi connectivity index (χ3v) is 7.58. The molecular weight excluding hydrogens is 390 g/mol. The number of aryl methyl sites for hydroxylation is 1. The quantitative estimate of drug-likeness (QED) is 0.644. The molecule has 0 radical (unpaired) electrons. The van der Waals surface area contributed by atoms with Crippen LogP contribution in [0, 0.1) is 22.7 Å². The number of nitriles is 1. The van der Waals surface area contributed by atoms with Crippen molar-refractivity contribution in [3.63, 3.8) is 0 Å². The Hall–Kier alpha value is -2.32. The smallest absolute Gasteiger partial charge is 0.240 e. The van der Waals surface area contributed by atoms with Crippen molar-refractivity contribution in [2.75, 3.05) is 11.4 Å². The second-order valence-electron chi connectivity index (χ2n) is 9.49. The molecule has 1 aromatic carbocycles. The van der Waals surface area contributed by atoms with Gasteiger partial charge in [0.25, 0.3) is 0 Å². The van der Waals surface area contributed by atoms with Crippen molar-refractivity contribution in [2.45, 2.75) is 63.7 Å². The lowest BCUT2D eigenvalue weighted by molar-refractivity contribution is -0.117. The minimum atomic E-state index is -0.292. The normalized spacial score (nSPS) is 19.0. The van der Waals surface area contributed by atoms with Gasteiger partial charge in [-0.3, -0.25) is 4.79 Å². The molecule has 0 fully saturated rings. The number of benzene rings is 1. The molecule has 2 heterocycles. The molecule has 0 N–H and O–H groups in total. The molecule has 0 bridgehead atoms. The van der Waals surface area contributed by atoms with Crippen LogP contribution in [0.15, 0.2) is 35.4 Å². The van der Waals surface area contributed by atoms with Gasteiger partial charge in [0.1, 0.15) is 11.1 Å². The van der Waals surface area contributed by atoms with E-state index >= 15 is 0 Å². The third-order valence-electron chi connectivity index (χ3n) is 6.49. The van der Waals surface area contributed by atoms with E-state index in [4.69, 9.17) is 4.98 Å². The molecule has 4 rings (SSSR count). The second kappa shape index (κ2) is 8.07. The van der Waals surface area contributed by atoms with Crippen LogP contribution in [0.4, 0.5) is 5.69 Å². The maximum atomic E-state index is 13.1. The van der Waals surface area contributed by atoms with Gasteiger partial charge in [0.2, 0.25) is 5.91 Å². The van der Waals surface area contributed by atoms with Crippen molar-refractivity contribution in [1.82, 2.24) is 4.98 Å². The van der Waals surface area contributed by atoms with Crippen molar-refractivity contribution in [3.05, 3.63) is 52.7 Å². The second-order valence-corrected chi connectivity index (χ2v) is 10.8. The Morgan fingerprint density at radius 3 is 2.77 bits per heavy atom. The number of hydrogen-bond donors (Lipinski definition) is 0. The first-order valence-corrected chi connectivity index (χ1v) is 11.6. The highest BCUT2D eigenvalue weighted by atomic mass is 32.2. The number of carbonyl (C=O) groups is 1. The van der Waals surface area contributed by atoms with Crippen molar-refractivity contribution in [2.24, 2.45) is 11.3 Å². The molecule has 0 saturated carbocycles. The molecule has 1 aromatic heterocycles. The van der Waals surface area contributed by atoms with E-state index in [0.717, 1.165) is 43.6 Å². The zero-order valence-electron chi connectivity index (χ0n) is 18.2. The highest BCUT2D eigenvalue weighted by molar-refractivity contribution is 8.00. The lowest BCUT2D eigenvalue weighted by atomic mass is 9.71. The van der Waals surface area contributed by atoms with Gasteiger partial charge in [0.15, 0.2) is 0 Å². The number of fused-ring (bicyclic) bond motifs is 2. The zero-order chi connectivity index (χ0) is 21.5. The number of thioether (sulfide) groups is 1. The Morgan fingerprint density at radius 1 is 1.27 bits per heavy atom. The summed E-state index contributed by atoms with van der Waals surface area (Å²) in [6.45, 7) is 9.51. The van der Waals surface area contributed by atoms with Crippen LogP contribution < -0.4 is 4.90 Å². The number of carbonyl (C=O) groups excluding carboxylic acids is 1. The molecule has 0 saturated heterocycles. The summed E-state index contributed by atoms with van der Waals surface area (Å²) in [6, 6.07) is 12.4.